The summed E-state index contributed by atoms with van der Waals surface area (Å²) in [6.45, 7) is 5.31. The Morgan fingerprint density at radius 3 is 2.93 bits per heavy atom. The van der Waals surface area contributed by atoms with Gasteiger partial charge in [0.1, 0.15) is 0 Å². The predicted molar refractivity (Wildman–Crippen MR) is 61.6 cm³/mol. The normalized spacial score (nSPS) is 12.7. The van der Waals surface area contributed by atoms with E-state index in [0.717, 1.165) is 19.4 Å². The molecule has 3 heteroatoms. The minimum absolute atomic E-state index is 0.276. The fourth-order valence-electron chi connectivity index (χ4n) is 1.51. The first-order valence-electron chi connectivity index (χ1n) is 5.47. The molecule has 1 aromatic rings. The third-order valence-electron chi connectivity index (χ3n) is 2.38. The Kier molecular flexibility index (Phi) is 5.29. The van der Waals surface area contributed by atoms with Crippen LogP contribution in [-0.2, 0) is 6.54 Å². The number of aromatic nitrogens is 1. The lowest BCUT2D eigenvalue weighted by Crippen LogP contribution is -2.25. The van der Waals surface area contributed by atoms with Crippen molar-refractivity contribution in [1.82, 2.24) is 10.3 Å². The Hall–Kier alpha value is -0.930. The van der Waals surface area contributed by atoms with E-state index in [1.807, 2.05) is 19.3 Å². The van der Waals surface area contributed by atoms with Crippen molar-refractivity contribution in [3.8, 4) is 0 Å². The van der Waals surface area contributed by atoms with Crippen LogP contribution in [0.1, 0.15) is 30.9 Å². The Bertz CT molecular complexity index is 289. The summed E-state index contributed by atoms with van der Waals surface area (Å²) in [4.78, 5) is 4.14. The lowest BCUT2D eigenvalue weighted by Gasteiger charge is -2.12. The van der Waals surface area contributed by atoms with Gasteiger partial charge < -0.3 is 10.4 Å². The van der Waals surface area contributed by atoms with Crippen molar-refractivity contribution in [2.24, 2.45) is 0 Å². The van der Waals surface area contributed by atoms with Gasteiger partial charge in [-0.15, -0.1) is 0 Å². The van der Waals surface area contributed by atoms with E-state index in [2.05, 4.69) is 23.3 Å². The van der Waals surface area contributed by atoms with Crippen molar-refractivity contribution >= 4 is 0 Å². The number of hydrogen-bond acceptors (Lipinski definition) is 3. The molecule has 0 bridgehead atoms. The summed E-state index contributed by atoms with van der Waals surface area (Å²) in [7, 11) is 0. The van der Waals surface area contributed by atoms with E-state index < -0.39 is 0 Å². The van der Waals surface area contributed by atoms with Gasteiger partial charge in [-0.25, -0.2) is 0 Å². The van der Waals surface area contributed by atoms with Crippen molar-refractivity contribution in [3.05, 3.63) is 29.6 Å². The van der Waals surface area contributed by atoms with E-state index in [-0.39, 0.29) is 6.61 Å². The molecule has 15 heavy (non-hydrogen) atoms. The molecule has 0 aromatic carbocycles. The molecule has 1 unspecified atom stereocenters. The maximum Gasteiger partial charge on any atom is 0.0431 e. The molecule has 0 aliphatic rings. The number of pyridine rings is 1. The van der Waals surface area contributed by atoms with Gasteiger partial charge in [-0.1, -0.05) is 6.07 Å². The molecule has 1 atom stereocenters. The van der Waals surface area contributed by atoms with E-state index in [1.54, 1.807) is 0 Å². The first-order valence-corrected chi connectivity index (χ1v) is 5.47. The van der Waals surface area contributed by atoms with Gasteiger partial charge >= 0.3 is 0 Å². The fraction of sp³-hybridized carbons (Fsp3) is 0.583. The summed E-state index contributed by atoms with van der Waals surface area (Å²) >= 11 is 0. The zero-order chi connectivity index (χ0) is 11.1. The van der Waals surface area contributed by atoms with Crippen molar-refractivity contribution in [3.63, 3.8) is 0 Å². The molecule has 84 valence electrons. The molecular formula is C12H20N2O. The zero-order valence-electron chi connectivity index (χ0n) is 9.53. The molecule has 0 aliphatic heterocycles. The van der Waals surface area contributed by atoms with Gasteiger partial charge in [-0.2, -0.15) is 0 Å². The predicted octanol–water partition coefficient (Wildman–Crippen LogP) is 1.64. The molecule has 2 N–H and O–H groups in total. The van der Waals surface area contributed by atoms with Gasteiger partial charge in [-0.05, 0) is 37.8 Å². The molecule has 0 fully saturated rings. The second-order valence-electron chi connectivity index (χ2n) is 4.02. The van der Waals surface area contributed by atoms with Crippen LogP contribution in [0.2, 0.25) is 0 Å². The minimum Gasteiger partial charge on any atom is -0.396 e. The molecule has 0 saturated heterocycles. The van der Waals surface area contributed by atoms with E-state index in [0.29, 0.717) is 6.04 Å². The van der Waals surface area contributed by atoms with Crippen LogP contribution in [0.25, 0.3) is 0 Å². The number of hydrogen-bond donors (Lipinski definition) is 2. The Morgan fingerprint density at radius 1 is 1.47 bits per heavy atom. The largest absolute Gasteiger partial charge is 0.396 e. The van der Waals surface area contributed by atoms with Gasteiger partial charge in [0.05, 0.1) is 0 Å². The first kappa shape index (κ1) is 12.1. The van der Waals surface area contributed by atoms with E-state index in [9.17, 15) is 0 Å². The average molecular weight is 208 g/mol. The number of aliphatic hydroxyl groups is 1. The van der Waals surface area contributed by atoms with Crippen LogP contribution < -0.4 is 5.32 Å². The summed E-state index contributed by atoms with van der Waals surface area (Å²) in [6.07, 6.45) is 5.62. The quantitative estimate of drug-likeness (QED) is 0.747. The third-order valence-corrected chi connectivity index (χ3v) is 2.38. The Balaban J connectivity index is 2.30. The Morgan fingerprint density at radius 2 is 2.27 bits per heavy atom. The van der Waals surface area contributed by atoms with Gasteiger partial charge in [0.25, 0.3) is 0 Å². The van der Waals surface area contributed by atoms with E-state index >= 15 is 0 Å². The topological polar surface area (TPSA) is 45.2 Å². The molecule has 0 radical (unpaired) electrons. The molecule has 1 rings (SSSR count). The molecule has 1 heterocycles. The summed E-state index contributed by atoms with van der Waals surface area (Å²) in [5, 5.41) is 12.1. The minimum atomic E-state index is 0.276. The lowest BCUT2D eigenvalue weighted by molar-refractivity contribution is 0.276. The summed E-state index contributed by atoms with van der Waals surface area (Å²) in [6, 6.07) is 2.58. The lowest BCUT2D eigenvalue weighted by atomic mass is 10.1. The molecule has 0 spiro atoms. The number of rotatable bonds is 6. The summed E-state index contributed by atoms with van der Waals surface area (Å²) in [5.74, 6) is 0. The second-order valence-corrected chi connectivity index (χ2v) is 4.02. The van der Waals surface area contributed by atoms with Crippen LogP contribution in [0.15, 0.2) is 18.5 Å². The highest BCUT2D eigenvalue weighted by molar-refractivity contribution is 5.16. The zero-order valence-corrected chi connectivity index (χ0v) is 9.53. The van der Waals surface area contributed by atoms with Crippen molar-refractivity contribution < 1.29 is 5.11 Å². The monoisotopic (exact) mass is 208 g/mol. The first-order chi connectivity index (χ1) is 7.22. The number of aliphatic hydroxyl groups excluding tert-OH is 1. The smallest absolute Gasteiger partial charge is 0.0431 e. The van der Waals surface area contributed by atoms with Crippen LogP contribution in [0.4, 0.5) is 0 Å². The SMILES string of the molecule is Cc1cncc(CNC(C)CCCO)c1. The number of aryl methyl sites for hydroxylation is 1. The Labute approximate surface area is 91.5 Å². The van der Waals surface area contributed by atoms with Crippen LogP contribution in [-0.4, -0.2) is 22.7 Å². The van der Waals surface area contributed by atoms with Crippen LogP contribution >= 0.6 is 0 Å². The van der Waals surface area contributed by atoms with Gasteiger partial charge in [0.15, 0.2) is 0 Å². The van der Waals surface area contributed by atoms with Gasteiger partial charge in [-0.3, -0.25) is 4.98 Å². The molecule has 0 saturated carbocycles. The van der Waals surface area contributed by atoms with Crippen molar-refractivity contribution in [1.29, 1.82) is 0 Å². The highest BCUT2D eigenvalue weighted by Crippen LogP contribution is 2.02. The maximum absolute atomic E-state index is 8.70. The van der Waals surface area contributed by atoms with Crippen molar-refractivity contribution in [2.75, 3.05) is 6.61 Å². The van der Waals surface area contributed by atoms with Crippen LogP contribution in [0.3, 0.4) is 0 Å². The maximum atomic E-state index is 8.70. The summed E-state index contributed by atoms with van der Waals surface area (Å²) < 4.78 is 0. The fourth-order valence-corrected chi connectivity index (χ4v) is 1.51. The number of nitrogens with zero attached hydrogens (tertiary/aromatic N) is 1. The molecule has 1 aromatic heterocycles. The molecular weight excluding hydrogens is 188 g/mol. The van der Waals surface area contributed by atoms with Crippen LogP contribution in [0.5, 0.6) is 0 Å². The standard InChI is InChI=1S/C12H20N2O/c1-10-6-12(8-13-7-10)9-14-11(2)4-3-5-15/h6-8,11,14-15H,3-5,9H2,1-2H3. The second kappa shape index (κ2) is 6.53. The van der Waals surface area contributed by atoms with Crippen LogP contribution in [0, 0.1) is 6.92 Å². The molecule has 3 nitrogen and oxygen atoms in total. The average Bonchev–Trinajstić information content (AvgIpc) is 2.23. The van der Waals surface area contributed by atoms with E-state index in [1.165, 1.54) is 11.1 Å². The molecule has 0 amide bonds. The van der Waals surface area contributed by atoms with Crippen molar-refractivity contribution in [2.45, 2.75) is 39.3 Å². The molecule has 0 aliphatic carbocycles. The highest BCUT2D eigenvalue weighted by atomic mass is 16.2. The van der Waals surface area contributed by atoms with Gasteiger partial charge in [0.2, 0.25) is 0 Å². The third kappa shape index (κ3) is 4.91. The summed E-state index contributed by atoms with van der Waals surface area (Å²) in [5.41, 5.74) is 2.41. The van der Waals surface area contributed by atoms with Gasteiger partial charge in [0, 0.05) is 31.6 Å². The van der Waals surface area contributed by atoms with E-state index in [4.69, 9.17) is 5.11 Å². The number of nitrogens with one attached hydrogen (secondary N) is 1. The highest BCUT2D eigenvalue weighted by Gasteiger charge is 2.01.